The van der Waals surface area contributed by atoms with E-state index >= 15 is 0 Å². The van der Waals surface area contributed by atoms with Crippen LogP contribution in [0.15, 0.2) is 30.6 Å². The quantitative estimate of drug-likeness (QED) is 0.461. The molecule has 5 nitrogen and oxygen atoms in total. The van der Waals surface area contributed by atoms with E-state index in [0.717, 1.165) is 12.3 Å². The zero-order chi connectivity index (χ0) is 12.0. The van der Waals surface area contributed by atoms with Crippen LogP contribution in [0.5, 0.6) is 0 Å². The Balaban J connectivity index is 0. The van der Waals surface area contributed by atoms with Crippen LogP contribution in [0.2, 0.25) is 0 Å². The van der Waals surface area contributed by atoms with Gasteiger partial charge in [0, 0.05) is 77.2 Å². The number of rotatable bonds is 2. The molecule has 1 rings (SSSR count). The minimum atomic E-state index is -0.248. The predicted molar refractivity (Wildman–Crippen MR) is 57.7 cm³/mol. The molecule has 0 fully saturated rings. The Morgan fingerprint density at radius 3 is 2.44 bits per heavy atom. The van der Waals surface area contributed by atoms with Crippen molar-refractivity contribution < 1.29 is 75.6 Å². The maximum Gasteiger partial charge on any atom is 0.195 e. The van der Waals surface area contributed by atoms with Crippen LogP contribution in [0.3, 0.4) is 0 Å². The number of aliphatic hydroxyl groups is 2. The van der Waals surface area contributed by atoms with E-state index < -0.39 is 0 Å². The Bertz CT molecular complexity index is 476. The van der Waals surface area contributed by atoms with Crippen molar-refractivity contribution >= 4 is 11.5 Å². The van der Waals surface area contributed by atoms with E-state index in [2.05, 4.69) is 9.83 Å². The second kappa shape index (κ2) is 10.4. The molecule has 7 heteroatoms. The van der Waals surface area contributed by atoms with Crippen LogP contribution in [-0.2, 0) is 65.4 Å². The van der Waals surface area contributed by atoms with E-state index in [0.29, 0.717) is 5.56 Å². The first kappa shape index (κ1) is 19.8. The number of aromatic nitrogens is 1. The van der Waals surface area contributed by atoms with Crippen LogP contribution >= 0.6 is 0 Å². The van der Waals surface area contributed by atoms with Gasteiger partial charge in [-0.15, -0.1) is 0 Å². The summed E-state index contributed by atoms with van der Waals surface area (Å²) in [5.41, 5.74) is 0.588. The number of pyridine rings is 1. The van der Waals surface area contributed by atoms with Gasteiger partial charge in [0.1, 0.15) is 11.5 Å². The van der Waals surface area contributed by atoms with Gasteiger partial charge in [-0.2, -0.15) is 5.26 Å². The molecule has 0 spiro atoms. The molecule has 0 bridgehead atoms. The Kier molecular flexibility index (Phi) is 11.4. The van der Waals surface area contributed by atoms with E-state index in [1.807, 2.05) is 0 Å². The van der Waals surface area contributed by atoms with E-state index in [1.54, 1.807) is 6.07 Å². The van der Waals surface area contributed by atoms with Crippen LogP contribution in [0.1, 0.15) is 11.3 Å². The van der Waals surface area contributed by atoms with Crippen molar-refractivity contribution in [1.82, 2.24) is 4.98 Å². The summed E-state index contributed by atoms with van der Waals surface area (Å²) in [5, 5.41) is 26.9. The molecular formula is C11H7N3O2Y2. The smallest absolute Gasteiger partial charge is 0.195 e. The number of hydrogen-bond acceptors (Lipinski definition) is 4. The molecule has 1 aromatic rings. The molecule has 0 aliphatic carbocycles. The Labute approximate surface area is 155 Å². The molecule has 0 saturated carbocycles. The third-order valence-corrected chi connectivity index (χ3v) is 1.71. The van der Waals surface area contributed by atoms with Gasteiger partial charge in [0.25, 0.3) is 0 Å². The van der Waals surface area contributed by atoms with Crippen LogP contribution < -0.4 is 0 Å². The number of nitrogens with zero attached hydrogens (tertiary/aromatic N) is 3. The molecule has 0 aliphatic rings. The third-order valence-electron chi connectivity index (χ3n) is 1.71. The van der Waals surface area contributed by atoms with Crippen molar-refractivity contribution in [3.63, 3.8) is 0 Å². The van der Waals surface area contributed by atoms with Crippen LogP contribution in [0, 0.1) is 17.9 Å². The molecule has 84 valence electrons. The molecule has 0 amide bonds. The van der Waals surface area contributed by atoms with Gasteiger partial charge in [0.05, 0.1) is 18.7 Å². The van der Waals surface area contributed by atoms with E-state index in [9.17, 15) is 10.2 Å². The van der Waals surface area contributed by atoms with Crippen LogP contribution in [0.25, 0.3) is 16.4 Å². The van der Waals surface area contributed by atoms with Gasteiger partial charge in [-0.05, 0) is 12.1 Å². The SMILES string of the molecule is [C-]#[N+]/C=C(\O)c1ccc(/C(O)=C/C#N)nc1.[Y].[Y]. The molecule has 1 aromatic heterocycles. The number of nitriles is 1. The molecule has 18 heavy (non-hydrogen) atoms. The van der Waals surface area contributed by atoms with Gasteiger partial charge in [0.2, 0.25) is 0 Å². The second-order valence-electron chi connectivity index (χ2n) is 2.73. The van der Waals surface area contributed by atoms with E-state index in [4.69, 9.17) is 11.8 Å². The topological polar surface area (TPSA) is 81.5 Å². The fraction of sp³-hybridized carbons (Fsp3) is 0. The molecule has 0 atom stereocenters. The summed E-state index contributed by atoms with van der Waals surface area (Å²) >= 11 is 0. The molecule has 2 N–H and O–H groups in total. The Morgan fingerprint density at radius 1 is 1.33 bits per heavy atom. The zero-order valence-corrected chi connectivity index (χ0v) is 15.0. The molecule has 0 aliphatic heterocycles. The fourth-order valence-electron chi connectivity index (χ4n) is 0.968. The summed E-state index contributed by atoms with van der Waals surface area (Å²) in [6.45, 7) is 6.53. The van der Waals surface area contributed by atoms with Gasteiger partial charge in [-0.25, -0.2) is 4.85 Å². The summed E-state index contributed by atoms with van der Waals surface area (Å²) in [7, 11) is 0. The monoisotopic (exact) mass is 391 g/mol. The third kappa shape index (κ3) is 5.84. The van der Waals surface area contributed by atoms with Gasteiger partial charge < -0.3 is 10.2 Å². The number of aliphatic hydroxyl groups excluding tert-OH is 2. The summed E-state index contributed by atoms with van der Waals surface area (Å²) in [6, 6.07) is 4.59. The van der Waals surface area contributed by atoms with E-state index in [1.165, 1.54) is 18.3 Å². The standard InChI is InChI=1S/C11H7N3O2.2Y/c1-13-7-11(16)8-2-3-9(14-6-8)10(15)4-5-12;;/h2-4,6-7,15-16H;;/b10-4-,11-7-;;. The Hall–Kier alpha value is -0.582. The second-order valence-corrected chi connectivity index (χ2v) is 2.73. The van der Waals surface area contributed by atoms with Crippen molar-refractivity contribution in [1.29, 1.82) is 5.26 Å². The first-order chi connectivity index (χ1) is 7.69. The summed E-state index contributed by atoms with van der Waals surface area (Å²) in [4.78, 5) is 6.73. The Morgan fingerprint density at radius 2 is 2.00 bits per heavy atom. The minimum absolute atomic E-state index is 0. The maximum absolute atomic E-state index is 9.33. The normalized spacial score (nSPS) is 10.3. The van der Waals surface area contributed by atoms with Crippen molar-refractivity contribution in [3.8, 4) is 6.07 Å². The van der Waals surface area contributed by atoms with E-state index in [-0.39, 0.29) is 82.6 Å². The molecule has 2 radical (unpaired) electrons. The largest absolute Gasteiger partial charge is 0.519 e. The van der Waals surface area contributed by atoms with Gasteiger partial charge >= 0.3 is 0 Å². The number of allylic oxidation sites excluding steroid dienone is 1. The van der Waals surface area contributed by atoms with Crippen molar-refractivity contribution in [2.45, 2.75) is 0 Å². The predicted octanol–water partition coefficient (Wildman–Crippen LogP) is 2.27. The molecule has 0 saturated heterocycles. The van der Waals surface area contributed by atoms with Crippen LogP contribution in [-0.4, -0.2) is 15.2 Å². The molecule has 1 heterocycles. The fourth-order valence-corrected chi connectivity index (χ4v) is 0.968. The van der Waals surface area contributed by atoms with Crippen molar-refractivity contribution in [2.75, 3.05) is 0 Å². The summed E-state index contributed by atoms with van der Waals surface area (Å²) in [6.07, 6.45) is 3.21. The van der Waals surface area contributed by atoms with Crippen molar-refractivity contribution in [2.24, 2.45) is 0 Å². The zero-order valence-electron chi connectivity index (χ0n) is 9.28. The summed E-state index contributed by atoms with van der Waals surface area (Å²) in [5.74, 6) is -0.444. The first-order valence-electron chi connectivity index (χ1n) is 4.20. The average molecular weight is 391 g/mol. The maximum atomic E-state index is 9.33. The minimum Gasteiger partial charge on any atom is -0.519 e. The summed E-state index contributed by atoms with van der Waals surface area (Å²) < 4.78 is 0. The molecular weight excluding hydrogens is 384 g/mol. The average Bonchev–Trinajstić information content (AvgIpc) is 2.30. The van der Waals surface area contributed by atoms with Gasteiger partial charge in [0.15, 0.2) is 12.0 Å². The molecule has 0 unspecified atom stereocenters. The molecule has 0 aromatic carbocycles. The van der Waals surface area contributed by atoms with Gasteiger partial charge in [-0.1, -0.05) is 0 Å². The van der Waals surface area contributed by atoms with Crippen LogP contribution in [0.4, 0.5) is 0 Å². The first-order valence-corrected chi connectivity index (χ1v) is 4.20. The van der Waals surface area contributed by atoms with Crippen molar-refractivity contribution in [3.05, 3.63) is 53.3 Å². The number of hydrogen-bond donors (Lipinski definition) is 2. The van der Waals surface area contributed by atoms with Gasteiger partial charge in [-0.3, -0.25) is 4.98 Å².